The van der Waals surface area contributed by atoms with Crippen LogP contribution in [0.15, 0.2) is 83.7 Å². The lowest BCUT2D eigenvalue weighted by molar-refractivity contribution is 0.416. The van der Waals surface area contributed by atoms with Crippen molar-refractivity contribution in [2.75, 3.05) is 7.11 Å². The fraction of sp³-hybridized carbons (Fsp3) is 0.241. The van der Waals surface area contributed by atoms with Gasteiger partial charge in [-0.25, -0.2) is 4.68 Å². The van der Waals surface area contributed by atoms with Gasteiger partial charge in [-0.05, 0) is 50.8 Å². The Hall–Kier alpha value is -3.66. The van der Waals surface area contributed by atoms with Crippen LogP contribution in [-0.4, -0.2) is 16.9 Å². The second kappa shape index (κ2) is 9.86. The lowest BCUT2D eigenvalue weighted by Crippen LogP contribution is -2.31. The van der Waals surface area contributed by atoms with Crippen molar-refractivity contribution in [3.8, 4) is 16.9 Å². The Kier molecular flexibility index (Phi) is 6.74. The number of nitrogens with zero attached hydrogens (tertiary/aromatic N) is 2. The van der Waals surface area contributed by atoms with Gasteiger partial charge in [-0.1, -0.05) is 78.4 Å². The monoisotopic (exact) mass is 438 g/mol. The van der Waals surface area contributed by atoms with Crippen LogP contribution in [0.25, 0.3) is 11.1 Å². The molecule has 0 bridgehead atoms. The van der Waals surface area contributed by atoms with E-state index in [9.17, 15) is 4.79 Å². The Labute approximate surface area is 195 Å². The summed E-state index contributed by atoms with van der Waals surface area (Å²) in [7, 11) is 1.66. The molecule has 1 unspecified atom stereocenters. The maximum absolute atomic E-state index is 13.9. The maximum Gasteiger partial charge on any atom is 0.271 e. The summed E-state index contributed by atoms with van der Waals surface area (Å²) in [6, 6.07) is 26.2. The highest BCUT2D eigenvalue weighted by atomic mass is 16.5. The Balaban J connectivity index is 1.87. The van der Waals surface area contributed by atoms with Crippen LogP contribution in [0.5, 0.6) is 5.75 Å². The van der Waals surface area contributed by atoms with Crippen LogP contribution in [0.2, 0.25) is 0 Å². The summed E-state index contributed by atoms with van der Waals surface area (Å²) in [5, 5.41) is 4.78. The molecule has 4 heteroatoms. The lowest BCUT2D eigenvalue weighted by Gasteiger charge is -2.20. The average molecular weight is 439 g/mol. The van der Waals surface area contributed by atoms with E-state index >= 15 is 0 Å². The number of aryl methyl sites for hydroxylation is 3. The molecule has 3 aromatic carbocycles. The number of hydrogen-bond acceptors (Lipinski definition) is 3. The quantitative estimate of drug-likeness (QED) is 0.359. The number of aromatic nitrogens is 2. The first-order valence-corrected chi connectivity index (χ1v) is 11.4. The number of para-hydroxylation sites is 1. The van der Waals surface area contributed by atoms with Crippen LogP contribution in [0.3, 0.4) is 0 Å². The molecular formula is C29H30N2O2. The molecule has 1 aromatic heterocycles. The number of benzene rings is 3. The van der Waals surface area contributed by atoms with Gasteiger partial charge in [-0.2, -0.15) is 5.10 Å². The molecule has 0 amide bonds. The smallest absolute Gasteiger partial charge is 0.271 e. The number of rotatable bonds is 7. The summed E-state index contributed by atoms with van der Waals surface area (Å²) >= 11 is 0. The van der Waals surface area contributed by atoms with Gasteiger partial charge in [0.05, 0.1) is 18.8 Å². The van der Waals surface area contributed by atoms with Crippen LogP contribution in [0, 0.1) is 13.8 Å². The highest BCUT2D eigenvalue weighted by Crippen LogP contribution is 2.33. The van der Waals surface area contributed by atoms with Crippen molar-refractivity contribution < 1.29 is 4.74 Å². The van der Waals surface area contributed by atoms with Crippen LogP contribution >= 0.6 is 0 Å². The normalized spacial score (nSPS) is 11.9. The molecule has 0 saturated heterocycles. The summed E-state index contributed by atoms with van der Waals surface area (Å²) in [5.41, 5.74) is 6.82. The Morgan fingerprint density at radius 2 is 1.64 bits per heavy atom. The van der Waals surface area contributed by atoms with Crippen molar-refractivity contribution >= 4 is 0 Å². The molecule has 4 rings (SSSR count). The molecule has 1 atom stereocenters. The van der Waals surface area contributed by atoms with Crippen molar-refractivity contribution in [1.82, 2.24) is 9.78 Å². The Morgan fingerprint density at radius 3 is 2.36 bits per heavy atom. The van der Waals surface area contributed by atoms with Gasteiger partial charge in [0, 0.05) is 16.7 Å². The van der Waals surface area contributed by atoms with E-state index in [0.717, 1.165) is 40.1 Å². The van der Waals surface area contributed by atoms with E-state index in [-0.39, 0.29) is 11.6 Å². The van der Waals surface area contributed by atoms with Crippen LogP contribution in [-0.2, 0) is 12.8 Å². The summed E-state index contributed by atoms with van der Waals surface area (Å²) in [5.74, 6) is 0.743. The molecule has 33 heavy (non-hydrogen) atoms. The summed E-state index contributed by atoms with van der Waals surface area (Å²) in [4.78, 5) is 13.9. The minimum atomic E-state index is -0.165. The fourth-order valence-electron chi connectivity index (χ4n) is 4.43. The Bertz CT molecular complexity index is 1310. The topological polar surface area (TPSA) is 44.1 Å². The van der Waals surface area contributed by atoms with Gasteiger partial charge in [-0.15, -0.1) is 0 Å². The van der Waals surface area contributed by atoms with E-state index in [2.05, 4.69) is 31.2 Å². The molecule has 0 radical (unpaired) electrons. The van der Waals surface area contributed by atoms with Gasteiger partial charge in [0.1, 0.15) is 5.75 Å². The standard InChI is InChI=1S/C29H30N2O2/c1-20-11-10-12-23(19-20)17-18-26-28(25-15-8-9-16-27(25)33-4)21(2)30-31(29(26)32)22(3)24-13-6-5-7-14-24/h5-16,19,22H,17-18H2,1-4H3. The molecule has 1 heterocycles. The molecule has 0 aliphatic heterocycles. The summed E-state index contributed by atoms with van der Waals surface area (Å²) < 4.78 is 7.27. The molecule has 0 saturated carbocycles. The van der Waals surface area contributed by atoms with E-state index in [1.807, 2.05) is 68.4 Å². The number of hydrogen-bond donors (Lipinski definition) is 0. The van der Waals surface area contributed by atoms with Crippen molar-refractivity contribution in [2.24, 2.45) is 0 Å². The van der Waals surface area contributed by atoms with Crippen molar-refractivity contribution in [3.05, 3.63) is 117 Å². The first-order valence-electron chi connectivity index (χ1n) is 11.4. The van der Waals surface area contributed by atoms with Gasteiger partial charge >= 0.3 is 0 Å². The van der Waals surface area contributed by atoms with Crippen molar-refractivity contribution in [2.45, 2.75) is 39.7 Å². The third-order valence-corrected chi connectivity index (χ3v) is 6.16. The van der Waals surface area contributed by atoms with Gasteiger partial charge in [0.2, 0.25) is 0 Å². The lowest BCUT2D eigenvalue weighted by atomic mass is 9.94. The fourth-order valence-corrected chi connectivity index (χ4v) is 4.43. The van der Waals surface area contributed by atoms with E-state index in [1.54, 1.807) is 11.8 Å². The molecule has 0 aliphatic rings. The molecule has 0 aliphatic carbocycles. The first kappa shape index (κ1) is 22.5. The third kappa shape index (κ3) is 4.75. The maximum atomic E-state index is 13.9. The summed E-state index contributed by atoms with van der Waals surface area (Å²) in [6.07, 6.45) is 1.41. The zero-order chi connectivity index (χ0) is 23.4. The van der Waals surface area contributed by atoms with Gasteiger partial charge < -0.3 is 4.74 Å². The zero-order valence-electron chi connectivity index (χ0n) is 19.7. The second-order valence-electron chi connectivity index (χ2n) is 8.46. The van der Waals surface area contributed by atoms with E-state index < -0.39 is 0 Å². The zero-order valence-corrected chi connectivity index (χ0v) is 19.7. The molecule has 0 spiro atoms. The minimum absolute atomic E-state index is 0.0505. The van der Waals surface area contributed by atoms with E-state index in [4.69, 9.17) is 9.84 Å². The molecule has 4 aromatic rings. The molecular weight excluding hydrogens is 408 g/mol. The predicted octanol–water partition coefficient (Wildman–Crippen LogP) is 5.93. The van der Waals surface area contributed by atoms with E-state index in [0.29, 0.717) is 6.42 Å². The summed E-state index contributed by atoms with van der Waals surface area (Å²) in [6.45, 7) is 6.09. The Morgan fingerprint density at radius 1 is 0.909 bits per heavy atom. The van der Waals surface area contributed by atoms with Gasteiger partial charge in [0.15, 0.2) is 0 Å². The number of ether oxygens (including phenoxy) is 1. The highest BCUT2D eigenvalue weighted by molar-refractivity contribution is 5.75. The first-order chi connectivity index (χ1) is 16.0. The SMILES string of the molecule is COc1ccccc1-c1c(C)nn(C(C)c2ccccc2)c(=O)c1CCc1cccc(C)c1. The van der Waals surface area contributed by atoms with Crippen LogP contribution < -0.4 is 10.3 Å². The predicted molar refractivity (Wildman–Crippen MR) is 134 cm³/mol. The largest absolute Gasteiger partial charge is 0.496 e. The van der Waals surface area contributed by atoms with Gasteiger partial charge in [0.25, 0.3) is 5.56 Å². The second-order valence-corrected chi connectivity index (χ2v) is 8.46. The molecule has 168 valence electrons. The van der Waals surface area contributed by atoms with Crippen molar-refractivity contribution in [3.63, 3.8) is 0 Å². The van der Waals surface area contributed by atoms with Crippen LogP contribution in [0.4, 0.5) is 0 Å². The molecule has 0 fully saturated rings. The number of methoxy groups -OCH3 is 1. The van der Waals surface area contributed by atoms with E-state index in [1.165, 1.54) is 11.1 Å². The van der Waals surface area contributed by atoms with Crippen LogP contribution in [0.1, 0.15) is 40.9 Å². The van der Waals surface area contributed by atoms with Crippen molar-refractivity contribution in [1.29, 1.82) is 0 Å². The molecule has 0 N–H and O–H groups in total. The minimum Gasteiger partial charge on any atom is -0.496 e. The highest BCUT2D eigenvalue weighted by Gasteiger charge is 2.22. The molecule has 4 nitrogen and oxygen atoms in total. The third-order valence-electron chi connectivity index (χ3n) is 6.16. The average Bonchev–Trinajstić information content (AvgIpc) is 2.84. The van der Waals surface area contributed by atoms with Gasteiger partial charge in [-0.3, -0.25) is 4.79 Å².